The summed E-state index contributed by atoms with van der Waals surface area (Å²) in [6.07, 6.45) is 23.4. The molecule has 6 unspecified atom stereocenters. The summed E-state index contributed by atoms with van der Waals surface area (Å²) in [4.78, 5) is 0. The third-order valence-corrected chi connectivity index (χ3v) is 10.9. The van der Waals surface area contributed by atoms with Gasteiger partial charge in [0.05, 0.1) is 12.2 Å². The van der Waals surface area contributed by atoms with Crippen molar-refractivity contribution in [3.05, 3.63) is 0 Å². The van der Waals surface area contributed by atoms with Gasteiger partial charge in [-0.05, 0) is 85.9 Å². The summed E-state index contributed by atoms with van der Waals surface area (Å²) in [5.74, 6) is 4.21. The van der Waals surface area contributed by atoms with Crippen molar-refractivity contribution in [2.75, 3.05) is 0 Å². The molecule has 31 heavy (non-hydrogen) atoms. The first kappa shape index (κ1) is 24.1. The number of aliphatic hydroxyl groups is 2. The summed E-state index contributed by atoms with van der Waals surface area (Å²) in [5, 5.41) is 21.9. The zero-order valence-corrected chi connectivity index (χ0v) is 20.7. The molecule has 0 aromatic rings. The van der Waals surface area contributed by atoms with E-state index in [1.54, 1.807) is 0 Å². The lowest BCUT2D eigenvalue weighted by Gasteiger charge is -2.53. The molecule has 4 aliphatic rings. The molecule has 0 heterocycles. The third kappa shape index (κ3) is 5.37. The molecular formula is C29H52O2. The maximum Gasteiger partial charge on any atom is 0.0571 e. The SMILES string of the molecule is CCCC(C)(C1CCC(O)C(C2CCCCC2)C1)C1CCC(O)C(C2CCCCC2)C1. The molecule has 0 aromatic heterocycles. The summed E-state index contributed by atoms with van der Waals surface area (Å²) < 4.78 is 0. The fraction of sp³-hybridized carbons (Fsp3) is 1.00. The van der Waals surface area contributed by atoms with Crippen molar-refractivity contribution in [3.63, 3.8) is 0 Å². The lowest BCUT2D eigenvalue weighted by atomic mass is 9.53. The van der Waals surface area contributed by atoms with Gasteiger partial charge in [-0.25, -0.2) is 0 Å². The second-order valence-corrected chi connectivity index (χ2v) is 12.5. The highest BCUT2D eigenvalue weighted by molar-refractivity contribution is 4.98. The molecule has 4 rings (SSSR count). The van der Waals surface area contributed by atoms with Gasteiger partial charge in [-0.1, -0.05) is 84.5 Å². The standard InChI is InChI=1S/C29H52O2/c1-3-18-29(2,23-14-16-27(30)25(19-23)21-10-6-4-7-11-21)24-15-17-28(31)26(20-24)22-12-8-5-9-13-22/h21-28,30-31H,3-20H2,1-2H3. The van der Waals surface area contributed by atoms with E-state index in [9.17, 15) is 10.2 Å². The Labute approximate surface area is 193 Å². The average Bonchev–Trinajstić information content (AvgIpc) is 2.81. The van der Waals surface area contributed by atoms with E-state index in [0.29, 0.717) is 17.3 Å². The lowest BCUT2D eigenvalue weighted by Crippen LogP contribution is -2.47. The molecule has 0 saturated heterocycles. The van der Waals surface area contributed by atoms with Gasteiger partial charge >= 0.3 is 0 Å². The fourth-order valence-corrected chi connectivity index (χ4v) is 9.00. The Morgan fingerprint density at radius 1 is 0.613 bits per heavy atom. The molecule has 2 N–H and O–H groups in total. The monoisotopic (exact) mass is 432 g/mol. The Hall–Kier alpha value is -0.0800. The molecule has 0 bridgehead atoms. The quantitative estimate of drug-likeness (QED) is 0.456. The smallest absolute Gasteiger partial charge is 0.0571 e. The summed E-state index contributed by atoms with van der Waals surface area (Å²) in [7, 11) is 0. The predicted molar refractivity (Wildman–Crippen MR) is 130 cm³/mol. The molecule has 2 heteroatoms. The molecule has 0 amide bonds. The first-order chi connectivity index (χ1) is 15.0. The molecule has 0 aliphatic heterocycles. The van der Waals surface area contributed by atoms with Crippen LogP contribution in [0.2, 0.25) is 0 Å². The van der Waals surface area contributed by atoms with Crippen LogP contribution >= 0.6 is 0 Å². The van der Waals surface area contributed by atoms with Gasteiger partial charge in [0.15, 0.2) is 0 Å². The highest BCUT2D eigenvalue weighted by Crippen LogP contribution is 2.55. The summed E-state index contributed by atoms with van der Waals surface area (Å²) >= 11 is 0. The minimum atomic E-state index is -0.0478. The molecule has 0 aromatic carbocycles. The van der Waals surface area contributed by atoms with Crippen LogP contribution in [0.1, 0.15) is 129 Å². The molecule has 4 saturated carbocycles. The normalized spacial score (nSPS) is 41.0. The average molecular weight is 433 g/mol. The van der Waals surface area contributed by atoms with Gasteiger partial charge in [-0.3, -0.25) is 0 Å². The van der Waals surface area contributed by atoms with Crippen molar-refractivity contribution in [1.29, 1.82) is 0 Å². The molecule has 4 fully saturated rings. The predicted octanol–water partition coefficient (Wildman–Crippen LogP) is 7.51. The van der Waals surface area contributed by atoms with E-state index in [2.05, 4.69) is 13.8 Å². The molecule has 180 valence electrons. The Kier molecular flexibility index (Phi) is 8.46. The first-order valence-corrected chi connectivity index (χ1v) is 14.4. The largest absolute Gasteiger partial charge is 0.393 e. The van der Waals surface area contributed by atoms with Gasteiger partial charge in [0.2, 0.25) is 0 Å². The van der Waals surface area contributed by atoms with E-state index >= 15 is 0 Å². The van der Waals surface area contributed by atoms with Crippen LogP contribution in [0.15, 0.2) is 0 Å². The van der Waals surface area contributed by atoms with Gasteiger partial charge in [0, 0.05) is 0 Å². The highest BCUT2D eigenvalue weighted by atomic mass is 16.3. The van der Waals surface area contributed by atoms with Crippen molar-refractivity contribution in [1.82, 2.24) is 0 Å². The molecular weight excluding hydrogens is 380 g/mol. The van der Waals surface area contributed by atoms with Crippen LogP contribution in [0.4, 0.5) is 0 Å². The number of rotatable bonds is 6. The Morgan fingerprint density at radius 2 is 1.03 bits per heavy atom. The van der Waals surface area contributed by atoms with Gasteiger partial charge < -0.3 is 10.2 Å². The van der Waals surface area contributed by atoms with Crippen molar-refractivity contribution < 1.29 is 10.2 Å². The molecule has 0 radical (unpaired) electrons. The van der Waals surface area contributed by atoms with E-state index in [4.69, 9.17) is 0 Å². The second kappa shape index (κ2) is 10.9. The van der Waals surface area contributed by atoms with Crippen LogP contribution in [0, 0.1) is 40.9 Å². The maximum atomic E-state index is 11.0. The topological polar surface area (TPSA) is 40.5 Å². The second-order valence-electron chi connectivity index (χ2n) is 12.5. The lowest BCUT2D eigenvalue weighted by molar-refractivity contribution is -0.0746. The van der Waals surface area contributed by atoms with Crippen LogP contribution in [-0.4, -0.2) is 22.4 Å². The van der Waals surface area contributed by atoms with Crippen molar-refractivity contribution in [2.45, 2.75) is 142 Å². The van der Waals surface area contributed by atoms with E-state index in [1.165, 1.54) is 103 Å². The molecule has 6 atom stereocenters. The summed E-state index contributed by atoms with van der Waals surface area (Å²) in [6, 6.07) is 0. The number of hydrogen-bond acceptors (Lipinski definition) is 2. The number of aliphatic hydroxyl groups excluding tert-OH is 2. The van der Waals surface area contributed by atoms with Gasteiger partial charge in [-0.15, -0.1) is 0 Å². The van der Waals surface area contributed by atoms with Crippen molar-refractivity contribution in [2.24, 2.45) is 40.9 Å². The van der Waals surface area contributed by atoms with E-state index in [-0.39, 0.29) is 12.2 Å². The molecule has 0 spiro atoms. The van der Waals surface area contributed by atoms with Crippen LogP contribution in [0.3, 0.4) is 0 Å². The molecule has 4 aliphatic carbocycles. The highest BCUT2D eigenvalue weighted by Gasteiger charge is 2.48. The van der Waals surface area contributed by atoms with E-state index < -0.39 is 0 Å². The van der Waals surface area contributed by atoms with Crippen LogP contribution in [0.25, 0.3) is 0 Å². The van der Waals surface area contributed by atoms with Crippen molar-refractivity contribution in [3.8, 4) is 0 Å². The molecule has 2 nitrogen and oxygen atoms in total. The van der Waals surface area contributed by atoms with Crippen molar-refractivity contribution >= 4 is 0 Å². The Morgan fingerprint density at radius 3 is 1.42 bits per heavy atom. The van der Waals surface area contributed by atoms with Crippen LogP contribution in [0.5, 0.6) is 0 Å². The first-order valence-electron chi connectivity index (χ1n) is 14.4. The van der Waals surface area contributed by atoms with Crippen LogP contribution < -0.4 is 0 Å². The van der Waals surface area contributed by atoms with Crippen LogP contribution in [-0.2, 0) is 0 Å². The van der Waals surface area contributed by atoms with Gasteiger partial charge in [0.1, 0.15) is 0 Å². The maximum absolute atomic E-state index is 11.0. The Bertz CT molecular complexity index is 491. The van der Waals surface area contributed by atoms with E-state index in [1.807, 2.05) is 0 Å². The van der Waals surface area contributed by atoms with E-state index in [0.717, 1.165) is 36.5 Å². The summed E-state index contributed by atoms with van der Waals surface area (Å²) in [5.41, 5.74) is 0.398. The van der Waals surface area contributed by atoms with Gasteiger partial charge in [0.25, 0.3) is 0 Å². The zero-order valence-electron chi connectivity index (χ0n) is 20.7. The third-order valence-electron chi connectivity index (χ3n) is 10.9. The minimum Gasteiger partial charge on any atom is -0.393 e. The Balaban J connectivity index is 1.48. The summed E-state index contributed by atoms with van der Waals surface area (Å²) in [6.45, 7) is 5.02. The number of hydrogen-bond donors (Lipinski definition) is 2. The minimum absolute atomic E-state index is 0.0478. The fourth-order valence-electron chi connectivity index (χ4n) is 9.00. The zero-order chi connectivity index (χ0) is 21.8. The van der Waals surface area contributed by atoms with Gasteiger partial charge in [-0.2, -0.15) is 0 Å².